The van der Waals surface area contributed by atoms with Crippen molar-refractivity contribution in [2.24, 2.45) is 0 Å². The van der Waals surface area contributed by atoms with Crippen LogP contribution in [0.2, 0.25) is 0 Å². The number of hydrogen-bond acceptors (Lipinski definition) is 4. The number of tetrazole rings is 1. The van der Waals surface area contributed by atoms with E-state index in [9.17, 15) is 22.4 Å². The maximum Gasteiger partial charge on any atom is 0.471 e. The van der Waals surface area contributed by atoms with Crippen LogP contribution in [0, 0.1) is 12.7 Å². The van der Waals surface area contributed by atoms with Crippen LogP contribution >= 0.6 is 0 Å². The second-order valence-corrected chi connectivity index (χ2v) is 4.78. The first-order valence-corrected chi connectivity index (χ1v) is 6.67. The second-order valence-electron chi connectivity index (χ2n) is 4.78. The van der Waals surface area contributed by atoms with Crippen molar-refractivity contribution >= 4 is 5.91 Å². The number of carbonyl (C=O) groups is 1. The zero-order valence-electron chi connectivity index (χ0n) is 12.1. The number of carbonyl (C=O) groups excluding carboxylic acids is 1. The molecule has 0 unspecified atom stereocenters. The zero-order chi connectivity index (χ0) is 17.0. The highest BCUT2D eigenvalue weighted by Crippen LogP contribution is 2.17. The fraction of sp³-hybridized carbons (Fsp3) is 0.385. The van der Waals surface area contributed by atoms with Crippen LogP contribution in [0.3, 0.4) is 0 Å². The molecule has 124 valence electrons. The molecule has 1 aromatic heterocycles. The Balaban J connectivity index is 1.88. The molecule has 1 heterocycles. The molecule has 0 saturated heterocycles. The van der Waals surface area contributed by atoms with E-state index in [1.165, 1.54) is 16.9 Å². The molecule has 23 heavy (non-hydrogen) atoms. The second kappa shape index (κ2) is 6.71. The number of aryl methyl sites for hydroxylation is 2. The lowest BCUT2D eigenvalue weighted by atomic mass is 10.1. The number of nitrogens with zero attached hydrogens (tertiary/aromatic N) is 4. The van der Waals surface area contributed by atoms with Gasteiger partial charge in [-0.2, -0.15) is 18.0 Å². The molecular weight excluding hydrogens is 318 g/mol. The van der Waals surface area contributed by atoms with E-state index in [0.29, 0.717) is 11.1 Å². The number of nitrogens with one attached hydrogen (secondary N) is 1. The lowest BCUT2D eigenvalue weighted by Gasteiger charge is -2.06. The van der Waals surface area contributed by atoms with E-state index in [-0.39, 0.29) is 31.2 Å². The third-order valence-corrected chi connectivity index (χ3v) is 2.95. The molecule has 6 nitrogen and oxygen atoms in total. The van der Waals surface area contributed by atoms with Gasteiger partial charge in [-0.25, -0.2) is 4.39 Å². The number of aromatic nitrogens is 4. The fourth-order valence-electron chi connectivity index (χ4n) is 1.76. The van der Waals surface area contributed by atoms with Gasteiger partial charge in [0, 0.05) is 12.1 Å². The molecule has 10 heteroatoms. The van der Waals surface area contributed by atoms with Crippen molar-refractivity contribution in [3.05, 3.63) is 29.6 Å². The Morgan fingerprint density at radius 1 is 1.35 bits per heavy atom. The maximum atomic E-state index is 13.2. The molecule has 0 bridgehead atoms. The van der Waals surface area contributed by atoms with Crippen LogP contribution in [0.4, 0.5) is 17.6 Å². The zero-order valence-corrected chi connectivity index (χ0v) is 12.1. The van der Waals surface area contributed by atoms with E-state index in [0.717, 1.165) is 0 Å². The molecule has 1 N–H and O–H groups in total. The summed E-state index contributed by atoms with van der Waals surface area (Å²) in [6.07, 6.45) is -4.68. The third kappa shape index (κ3) is 4.47. The van der Waals surface area contributed by atoms with Gasteiger partial charge in [-0.15, -0.1) is 10.2 Å². The van der Waals surface area contributed by atoms with E-state index in [1.54, 1.807) is 18.3 Å². The summed E-state index contributed by atoms with van der Waals surface area (Å²) < 4.78 is 49.1. The first kappa shape index (κ1) is 16.8. The number of benzene rings is 1. The highest BCUT2D eigenvalue weighted by molar-refractivity contribution is 5.81. The highest BCUT2D eigenvalue weighted by Gasteiger charge is 2.38. The Morgan fingerprint density at radius 3 is 2.74 bits per heavy atom. The molecule has 0 fully saturated rings. The average Bonchev–Trinajstić information content (AvgIpc) is 2.94. The van der Waals surface area contributed by atoms with Crippen molar-refractivity contribution in [3.63, 3.8) is 0 Å². The predicted molar refractivity (Wildman–Crippen MR) is 71.6 cm³/mol. The number of amides is 1. The molecule has 0 aliphatic rings. The molecule has 0 radical (unpaired) electrons. The normalized spacial score (nSPS) is 11.5. The maximum absolute atomic E-state index is 13.2. The molecule has 1 aromatic carbocycles. The van der Waals surface area contributed by atoms with Crippen LogP contribution in [0.5, 0.6) is 0 Å². The SMILES string of the molecule is Cc1cc(-c2nnn(CCCNC(=O)C(F)(F)F)n2)ccc1F. The summed E-state index contributed by atoms with van der Waals surface area (Å²) in [6.45, 7) is 1.63. The van der Waals surface area contributed by atoms with E-state index >= 15 is 0 Å². The first-order valence-electron chi connectivity index (χ1n) is 6.67. The third-order valence-electron chi connectivity index (χ3n) is 2.95. The van der Waals surface area contributed by atoms with Crippen molar-refractivity contribution < 1.29 is 22.4 Å². The predicted octanol–water partition coefficient (Wildman–Crippen LogP) is 1.86. The first-order chi connectivity index (χ1) is 10.8. The monoisotopic (exact) mass is 331 g/mol. The summed E-state index contributed by atoms with van der Waals surface area (Å²) in [6, 6.07) is 4.37. The van der Waals surface area contributed by atoms with Gasteiger partial charge in [0.25, 0.3) is 0 Å². The highest BCUT2D eigenvalue weighted by atomic mass is 19.4. The van der Waals surface area contributed by atoms with Gasteiger partial charge in [-0.05, 0) is 42.3 Å². The Hall–Kier alpha value is -2.52. The Kier molecular flexibility index (Phi) is 4.92. The summed E-state index contributed by atoms with van der Waals surface area (Å²) in [4.78, 5) is 11.8. The average molecular weight is 331 g/mol. The Labute approximate surface area is 128 Å². The molecule has 0 aliphatic carbocycles. The molecule has 0 atom stereocenters. The van der Waals surface area contributed by atoms with Gasteiger partial charge in [0.15, 0.2) is 0 Å². The van der Waals surface area contributed by atoms with Crippen LogP contribution in [0.15, 0.2) is 18.2 Å². The van der Waals surface area contributed by atoms with Crippen molar-refractivity contribution in [2.75, 3.05) is 6.54 Å². The quantitative estimate of drug-likeness (QED) is 0.670. The molecule has 0 aliphatic heterocycles. The Morgan fingerprint density at radius 2 is 2.09 bits per heavy atom. The topological polar surface area (TPSA) is 72.7 Å². The Bertz CT molecular complexity index is 698. The van der Waals surface area contributed by atoms with Gasteiger partial charge in [-0.3, -0.25) is 4.79 Å². The van der Waals surface area contributed by atoms with Crippen molar-refractivity contribution in [1.29, 1.82) is 0 Å². The van der Waals surface area contributed by atoms with Gasteiger partial charge in [0.1, 0.15) is 5.82 Å². The number of halogens is 4. The van der Waals surface area contributed by atoms with Gasteiger partial charge >= 0.3 is 12.1 Å². The minimum Gasteiger partial charge on any atom is -0.348 e. The van der Waals surface area contributed by atoms with Gasteiger partial charge in [0.05, 0.1) is 6.54 Å². The summed E-state index contributed by atoms with van der Waals surface area (Å²) >= 11 is 0. The fourth-order valence-corrected chi connectivity index (χ4v) is 1.76. The molecular formula is C13H13F4N5O. The standard InChI is InChI=1S/C13H13F4N5O/c1-8-7-9(3-4-10(8)14)11-19-21-22(20-11)6-2-5-18-12(23)13(15,16)17/h3-4,7H,2,5-6H2,1H3,(H,18,23). The molecule has 2 aromatic rings. The van der Waals surface area contributed by atoms with Crippen molar-refractivity contribution in [3.8, 4) is 11.4 Å². The van der Waals surface area contributed by atoms with E-state index in [4.69, 9.17) is 0 Å². The molecule has 0 spiro atoms. The number of alkyl halides is 3. The van der Waals surface area contributed by atoms with Crippen molar-refractivity contribution in [1.82, 2.24) is 25.5 Å². The van der Waals surface area contributed by atoms with Gasteiger partial charge in [-0.1, -0.05) is 0 Å². The number of hydrogen-bond donors (Lipinski definition) is 1. The van der Waals surface area contributed by atoms with Gasteiger partial charge in [0.2, 0.25) is 5.82 Å². The summed E-state index contributed by atoms with van der Waals surface area (Å²) in [5.41, 5.74) is 1.02. The molecule has 1 amide bonds. The van der Waals surface area contributed by atoms with Crippen molar-refractivity contribution in [2.45, 2.75) is 26.1 Å². The van der Waals surface area contributed by atoms with Crippen LogP contribution in [0.25, 0.3) is 11.4 Å². The lowest BCUT2D eigenvalue weighted by Crippen LogP contribution is -2.37. The van der Waals surface area contributed by atoms with Crippen LogP contribution in [-0.2, 0) is 11.3 Å². The lowest BCUT2D eigenvalue weighted by molar-refractivity contribution is -0.173. The molecule has 2 rings (SSSR count). The largest absolute Gasteiger partial charge is 0.471 e. The minimum absolute atomic E-state index is 0.162. The van der Waals surface area contributed by atoms with Crippen LogP contribution < -0.4 is 5.32 Å². The summed E-state index contributed by atoms with van der Waals surface area (Å²) in [5.74, 6) is -2.04. The molecule has 0 saturated carbocycles. The summed E-state index contributed by atoms with van der Waals surface area (Å²) in [7, 11) is 0. The minimum atomic E-state index is -4.89. The summed E-state index contributed by atoms with van der Waals surface area (Å²) in [5, 5.41) is 13.4. The van der Waals surface area contributed by atoms with E-state index in [2.05, 4.69) is 15.4 Å². The van der Waals surface area contributed by atoms with E-state index in [1.807, 2.05) is 0 Å². The van der Waals surface area contributed by atoms with Gasteiger partial charge < -0.3 is 5.32 Å². The van der Waals surface area contributed by atoms with Crippen LogP contribution in [-0.4, -0.2) is 38.8 Å². The van der Waals surface area contributed by atoms with E-state index < -0.39 is 12.1 Å². The van der Waals surface area contributed by atoms with Crippen LogP contribution in [0.1, 0.15) is 12.0 Å². The smallest absolute Gasteiger partial charge is 0.348 e. The number of rotatable bonds is 5.